The van der Waals surface area contributed by atoms with E-state index in [1.807, 2.05) is 32.0 Å². The van der Waals surface area contributed by atoms with Gasteiger partial charge in [0.2, 0.25) is 5.91 Å². The van der Waals surface area contributed by atoms with E-state index in [2.05, 4.69) is 10.6 Å². The lowest BCUT2D eigenvalue weighted by molar-refractivity contribution is -0.115. The molecule has 6 heteroatoms. The number of anilines is 1. The largest absolute Gasteiger partial charge is 0.325 e. The van der Waals surface area contributed by atoms with Crippen molar-refractivity contribution >= 4 is 21.4 Å². The van der Waals surface area contributed by atoms with Crippen LogP contribution in [0.2, 0.25) is 0 Å². The highest BCUT2D eigenvalue weighted by Gasteiger charge is 2.27. The summed E-state index contributed by atoms with van der Waals surface area (Å²) in [6.07, 6.45) is 0.583. The minimum absolute atomic E-state index is 0.106. The minimum Gasteiger partial charge on any atom is -0.325 e. The van der Waals surface area contributed by atoms with E-state index in [0.717, 1.165) is 11.3 Å². The molecule has 2 rings (SSSR count). The number of sulfone groups is 1. The van der Waals surface area contributed by atoms with E-state index in [4.69, 9.17) is 0 Å². The molecule has 1 amide bonds. The second kappa shape index (κ2) is 5.93. The Bertz CT molecular complexity index is 611. The normalized spacial score (nSPS) is 20.8. The monoisotopic (exact) mass is 296 g/mol. The van der Waals surface area contributed by atoms with Crippen molar-refractivity contribution in [1.82, 2.24) is 5.32 Å². The Balaban J connectivity index is 1.82. The molecule has 0 aliphatic carbocycles. The average molecular weight is 296 g/mol. The van der Waals surface area contributed by atoms with Gasteiger partial charge in [0.15, 0.2) is 9.84 Å². The molecule has 2 N–H and O–H groups in total. The zero-order valence-corrected chi connectivity index (χ0v) is 12.6. The van der Waals surface area contributed by atoms with Gasteiger partial charge in [0, 0.05) is 11.7 Å². The van der Waals surface area contributed by atoms with Crippen molar-refractivity contribution < 1.29 is 13.2 Å². The smallest absolute Gasteiger partial charge is 0.238 e. The van der Waals surface area contributed by atoms with Crippen molar-refractivity contribution in [3.05, 3.63) is 29.3 Å². The van der Waals surface area contributed by atoms with Crippen molar-refractivity contribution in [2.75, 3.05) is 23.4 Å². The zero-order chi connectivity index (χ0) is 14.8. The van der Waals surface area contributed by atoms with E-state index in [0.29, 0.717) is 6.42 Å². The number of carbonyl (C=O) groups is 1. The SMILES string of the molecule is Cc1ccc(NC(=O)CN[C@H]2CCS(=O)(=O)C2)cc1C. The number of hydrogen-bond donors (Lipinski definition) is 2. The molecule has 1 aliphatic rings. The fourth-order valence-electron chi connectivity index (χ4n) is 2.22. The van der Waals surface area contributed by atoms with Crippen LogP contribution in [0.25, 0.3) is 0 Å². The van der Waals surface area contributed by atoms with Gasteiger partial charge in [0.25, 0.3) is 0 Å². The topological polar surface area (TPSA) is 75.3 Å². The van der Waals surface area contributed by atoms with Crippen LogP contribution >= 0.6 is 0 Å². The summed E-state index contributed by atoms with van der Waals surface area (Å²) in [4.78, 5) is 11.8. The number of benzene rings is 1. The van der Waals surface area contributed by atoms with E-state index in [9.17, 15) is 13.2 Å². The van der Waals surface area contributed by atoms with Crippen LogP contribution in [0.1, 0.15) is 17.5 Å². The summed E-state index contributed by atoms with van der Waals surface area (Å²) >= 11 is 0. The Kier molecular flexibility index (Phi) is 4.45. The Morgan fingerprint density at radius 2 is 2.05 bits per heavy atom. The molecule has 20 heavy (non-hydrogen) atoms. The predicted molar refractivity (Wildman–Crippen MR) is 79.6 cm³/mol. The highest BCUT2D eigenvalue weighted by molar-refractivity contribution is 7.91. The van der Waals surface area contributed by atoms with Gasteiger partial charge in [0.1, 0.15) is 0 Å². The fourth-order valence-corrected chi connectivity index (χ4v) is 3.93. The third-order valence-corrected chi connectivity index (χ3v) is 5.34. The summed E-state index contributed by atoms with van der Waals surface area (Å²) in [5.74, 6) is 0.186. The molecule has 0 aromatic heterocycles. The van der Waals surface area contributed by atoms with Gasteiger partial charge in [-0.3, -0.25) is 4.79 Å². The molecule has 0 saturated carbocycles. The zero-order valence-electron chi connectivity index (χ0n) is 11.8. The summed E-state index contributed by atoms with van der Waals surface area (Å²) in [6, 6.07) is 5.64. The van der Waals surface area contributed by atoms with Crippen LogP contribution in [-0.2, 0) is 14.6 Å². The van der Waals surface area contributed by atoms with Gasteiger partial charge < -0.3 is 10.6 Å². The van der Waals surface area contributed by atoms with Crippen molar-refractivity contribution in [3.63, 3.8) is 0 Å². The van der Waals surface area contributed by atoms with E-state index in [1.165, 1.54) is 5.56 Å². The van der Waals surface area contributed by atoms with Crippen LogP contribution < -0.4 is 10.6 Å². The third kappa shape index (κ3) is 4.05. The maximum absolute atomic E-state index is 11.8. The Labute approximate surface area is 119 Å². The first-order valence-corrected chi connectivity index (χ1v) is 8.49. The number of amides is 1. The summed E-state index contributed by atoms with van der Waals surface area (Å²) in [7, 11) is -2.91. The number of carbonyl (C=O) groups excluding carboxylic acids is 1. The standard InChI is InChI=1S/C14H20N2O3S/c1-10-3-4-12(7-11(10)2)16-14(17)8-15-13-5-6-20(18,19)9-13/h3-4,7,13,15H,5-6,8-9H2,1-2H3,(H,16,17)/t13-/m0/s1. The maximum Gasteiger partial charge on any atom is 0.238 e. The molecular weight excluding hydrogens is 276 g/mol. The molecule has 0 spiro atoms. The highest BCUT2D eigenvalue weighted by Crippen LogP contribution is 2.14. The Morgan fingerprint density at radius 3 is 2.65 bits per heavy atom. The van der Waals surface area contributed by atoms with E-state index < -0.39 is 9.84 Å². The van der Waals surface area contributed by atoms with E-state index >= 15 is 0 Å². The van der Waals surface area contributed by atoms with E-state index in [-0.39, 0.29) is 30.0 Å². The van der Waals surface area contributed by atoms with Crippen molar-refractivity contribution in [3.8, 4) is 0 Å². The van der Waals surface area contributed by atoms with Gasteiger partial charge in [-0.2, -0.15) is 0 Å². The van der Waals surface area contributed by atoms with Gasteiger partial charge in [0.05, 0.1) is 18.1 Å². The molecule has 1 aromatic rings. The second-order valence-electron chi connectivity index (χ2n) is 5.33. The Morgan fingerprint density at radius 1 is 1.30 bits per heavy atom. The van der Waals surface area contributed by atoms with Crippen molar-refractivity contribution in [1.29, 1.82) is 0 Å². The molecule has 1 heterocycles. The van der Waals surface area contributed by atoms with E-state index in [1.54, 1.807) is 0 Å². The number of aryl methyl sites for hydroxylation is 2. The first-order chi connectivity index (χ1) is 9.35. The summed E-state index contributed by atoms with van der Waals surface area (Å²) in [5, 5.41) is 5.80. The fraction of sp³-hybridized carbons (Fsp3) is 0.500. The molecule has 0 unspecified atom stereocenters. The third-order valence-electron chi connectivity index (χ3n) is 3.57. The van der Waals surface area contributed by atoms with Crippen LogP contribution in [0, 0.1) is 13.8 Å². The lowest BCUT2D eigenvalue weighted by Gasteiger charge is -2.11. The first-order valence-electron chi connectivity index (χ1n) is 6.67. The van der Waals surface area contributed by atoms with Crippen LogP contribution in [0.5, 0.6) is 0 Å². The molecule has 1 aliphatic heterocycles. The van der Waals surface area contributed by atoms with Crippen molar-refractivity contribution in [2.45, 2.75) is 26.3 Å². The number of nitrogens with one attached hydrogen (secondary N) is 2. The lowest BCUT2D eigenvalue weighted by Crippen LogP contribution is -2.36. The molecule has 5 nitrogen and oxygen atoms in total. The van der Waals surface area contributed by atoms with Crippen LogP contribution in [0.3, 0.4) is 0 Å². The molecule has 1 atom stereocenters. The van der Waals surface area contributed by atoms with Gasteiger partial charge in [-0.15, -0.1) is 0 Å². The quantitative estimate of drug-likeness (QED) is 0.870. The van der Waals surface area contributed by atoms with Crippen molar-refractivity contribution in [2.24, 2.45) is 0 Å². The summed E-state index contributed by atoms with van der Waals surface area (Å²) in [6.45, 7) is 4.14. The molecule has 0 bridgehead atoms. The lowest BCUT2D eigenvalue weighted by atomic mass is 10.1. The number of hydrogen-bond acceptors (Lipinski definition) is 4. The molecule has 1 saturated heterocycles. The molecule has 1 fully saturated rings. The Hall–Kier alpha value is -1.40. The maximum atomic E-state index is 11.8. The molecule has 1 aromatic carbocycles. The van der Waals surface area contributed by atoms with Gasteiger partial charge in [-0.05, 0) is 43.5 Å². The summed E-state index contributed by atoms with van der Waals surface area (Å²) < 4.78 is 22.6. The second-order valence-corrected chi connectivity index (χ2v) is 7.56. The highest BCUT2D eigenvalue weighted by atomic mass is 32.2. The van der Waals surface area contributed by atoms with Crippen LogP contribution in [0.15, 0.2) is 18.2 Å². The number of rotatable bonds is 4. The molecular formula is C14H20N2O3S. The summed E-state index contributed by atoms with van der Waals surface area (Å²) in [5.41, 5.74) is 3.06. The van der Waals surface area contributed by atoms with Gasteiger partial charge in [-0.25, -0.2) is 8.42 Å². The predicted octanol–water partition coefficient (Wildman–Crippen LogP) is 1.02. The van der Waals surface area contributed by atoms with Gasteiger partial charge >= 0.3 is 0 Å². The van der Waals surface area contributed by atoms with Crippen LogP contribution in [0.4, 0.5) is 5.69 Å². The first kappa shape index (κ1) is 15.0. The molecule has 110 valence electrons. The molecule has 0 radical (unpaired) electrons. The van der Waals surface area contributed by atoms with Gasteiger partial charge in [-0.1, -0.05) is 6.07 Å². The minimum atomic E-state index is -2.91. The average Bonchev–Trinajstić information content (AvgIpc) is 2.71. The van der Waals surface area contributed by atoms with Crippen LogP contribution in [-0.4, -0.2) is 38.4 Å².